The molecule has 0 bridgehead atoms. The minimum Gasteiger partial charge on any atom is -0.444 e. The van der Waals surface area contributed by atoms with E-state index in [1.165, 1.54) is 11.3 Å². The van der Waals surface area contributed by atoms with Crippen LogP contribution in [-0.2, 0) is 14.3 Å². The average Bonchev–Trinajstić information content (AvgIpc) is 2.73. The van der Waals surface area contributed by atoms with Gasteiger partial charge in [-0.25, -0.2) is 4.79 Å². The molecule has 34 heavy (non-hydrogen) atoms. The molecule has 0 aromatic heterocycles. The Morgan fingerprint density at radius 2 is 1.68 bits per heavy atom. The first-order valence-corrected chi connectivity index (χ1v) is 12.2. The van der Waals surface area contributed by atoms with Crippen LogP contribution >= 0.6 is 0 Å². The number of nitrogens with one attached hydrogen (secondary N) is 2. The highest BCUT2D eigenvalue weighted by Gasteiger charge is 2.36. The number of rotatable bonds is 8. The molecule has 0 radical (unpaired) electrons. The highest BCUT2D eigenvalue weighted by molar-refractivity contribution is 5.92. The van der Waals surface area contributed by atoms with Gasteiger partial charge in [0.25, 0.3) is 0 Å². The van der Waals surface area contributed by atoms with Crippen LogP contribution in [0, 0.1) is 13.8 Å². The summed E-state index contributed by atoms with van der Waals surface area (Å²) >= 11 is 0. The van der Waals surface area contributed by atoms with Gasteiger partial charge in [-0.3, -0.25) is 9.59 Å². The van der Waals surface area contributed by atoms with Crippen LogP contribution in [-0.4, -0.2) is 58.8 Å². The van der Waals surface area contributed by atoms with Gasteiger partial charge in [0.15, 0.2) is 0 Å². The molecule has 0 spiro atoms. The number of alkyl carbamates (subject to hydrolysis) is 1. The second-order valence-corrected chi connectivity index (χ2v) is 10.2. The first kappa shape index (κ1) is 27.6. The van der Waals surface area contributed by atoms with Gasteiger partial charge >= 0.3 is 6.09 Å². The molecule has 0 heterocycles. The van der Waals surface area contributed by atoms with Gasteiger partial charge in [0.05, 0.1) is 6.61 Å². The average molecular weight is 476 g/mol. The summed E-state index contributed by atoms with van der Waals surface area (Å²) in [5.41, 5.74) is 1.92. The standard InChI is InChI=1S/C26H41N3O5/c1-7-29(24(32)21(16-30)28-25(33)34-26(4,5)6)22(19-14-17(2)13-18(3)15-19)23(31)27-20-11-9-8-10-12-20/h13-15,20-22,30H,7-12,16H2,1-6H3,(H,27,31)(H,28,33). The Labute approximate surface area is 203 Å². The summed E-state index contributed by atoms with van der Waals surface area (Å²) in [6.45, 7) is 10.4. The number of aryl methyl sites for hydroxylation is 2. The molecule has 1 saturated carbocycles. The fourth-order valence-electron chi connectivity index (χ4n) is 4.47. The number of ether oxygens (including phenoxy) is 1. The molecule has 3 amide bonds. The van der Waals surface area contributed by atoms with Crippen molar-refractivity contribution in [3.8, 4) is 0 Å². The monoisotopic (exact) mass is 475 g/mol. The van der Waals surface area contributed by atoms with Crippen LogP contribution in [0.2, 0.25) is 0 Å². The van der Waals surface area contributed by atoms with Gasteiger partial charge < -0.3 is 25.4 Å². The molecule has 2 rings (SSSR count). The molecule has 1 aromatic rings. The van der Waals surface area contributed by atoms with Gasteiger partial charge in [-0.05, 0) is 59.9 Å². The van der Waals surface area contributed by atoms with Crippen molar-refractivity contribution in [3.05, 3.63) is 34.9 Å². The highest BCUT2D eigenvalue weighted by Crippen LogP contribution is 2.26. The van der Waals surface area contributed by atoms with E-state index in [2.05, 4.69) is 10.6 Å². The quantitative estimate of drug-likeness (QED) is 0.533. The van der Waals surface area contributed by atoms with Crippen molar-refractivity contribution >= 4 is 17.9 Å². The summed E-state index contributed by atoms with van der Waals surface area (Å²) in [4.78, 5) is 40.8. The number of aliphatic hydroxyl groups is 1. The molecule has 3 N–H and O–H groups in total. The van der Waals surface area contributed by atoms with Crippen molar-refractivity contribution in [2.45, 2.75) is 97.4 Å². The molecule has 0 aliphatic heterocycles. The Morgan fingerprint density at radius 3 is 2.18 bits per heavy atom. The second kappa shape index (κ2) is 12.2. The van der Waals surface area contributed by atoms with E-state index in [1.54, 1.807) is 27.7 Å². The fourth-order valence-corrected chi connectivity index (χ4v) is 4.47. The lowest BCUT2D eigenvalue weighted by atomic mass is 9.94. The summed E-state index contributed by atoms with van der Waals surface area (Å²) in [7, 11) is 0. The minimum absolute atomic E-state index is 0.0805. The predicted molar refractivity (Wildman–Crippen MR) is 131 cm³/mol. The Kier molecular flexibility index (Phi) is 9.91. The van der Waals surface area contributed by atoms with E-state index in [4.69, 9.17) is 4.74 Å². The van der Waals surface area contributed by atoms with E-state index < -0.39 is 36.3 Å². The van der Waals surface area contributed by atoms with Gasteiger partial charge in [-0.2, -0.15) is 0 Å². The molecule has 1 aliphatic carbocycles. The largest absolute Gasteiger partial charge is 0.444 e. The molecular weight excluding hydrogens is 434 g/mol. The summed E-state index contributed by atoms with van der Waals surface area (Å²) < 4.78 is 5.25. The Bertz CT molecular complexity index is 838. The van der Waals surface area contributed by atoms with Crippen LogP contribution in [0.15, 0.2) is 18.2 Å². The van der Waals surface area contributed by atoms with Crippen LogP contribution < -0.4 is 10.6 Å². The zero-order valence-electron chi connectivity index (χ0n) is 21.4. The third kappa shape index (κ3) is 8.01. The lowest BCUT2D eigenvalue weighted by Crippen LogP contribution is -2.55. The van der Waals surface area contributed by atoms with Crippen LogP contribution in [0.3, 0.4) is 0 Å². The van der Waals surface area contributed by atoms with Crippen LogP contribution in [0.25, 0.3) is 0 Å². The van der Waals surface area contributed by atoms with Crippen LogP contribution in [0.5, 0.6) is 0 Å². The summed E-state index contributed by atoms with van der Waals surface area (Å²) in [6, 6.07) is 3.79. The van der Waals surface area contributed by atoms with Gasteiger partial charge in [0.1, 0.15) is 17.7 Å². The van der Waals surface area contributed by atoms with Crippen LogP contribution in [0.4, 0.5) is 4.79 Å². The molecule has 2 atom stereocenters. The number of hydrogen-bond acceptors (Lipinski definition) is 5. The first-order valence-electron chi connectivity index (χ1n) is 12.2. The maximum atomic E-state index is 13.6. The summed E-state index contributed by atoms with van der Waals surface area (Å²) in [5, 5.41) is 15.5. The number of hydrogen-bond donors (Lipinski definition) is 3. The highest BCUT2D eigenvalue weighted by atomic mass is 16.6. The molecule has 8 heteroatoms. The van der Waals surface area contributed by atoms with E-state index >= 15 is 0 Å². The number of nitrogens with zero attached hydrogens (tertiary/aromatic N) is 1. The van der Waals surface area contributed by atoms with Gasteiger partial charge in [-0.1, -0.05) is 48.6 Å². The normalized spacial score (nSPS) is 16.3. The van der Waals surface area contributed by atoms with E-state index in [9.17, 15) is 19.5 Å². The second-order valence-electron chi connectivity index (χ2n) is 10.2. The predicted octanol–water partition coefficient (Wildman–Crippen LogP) is 3.53. The number of likely N-dealkylation sites (N-methyl/N-ethyl adjacent to an activating group) is 1. The Morgan fingerprint density at radius 1 is 1.09 bits per heavy atom. The molecule has 1 aliphatic rings. The number of carbonyl (C=O) groups excluding carboxylic acids is 3. The number of carbonyl (C=O) groups is 3. The Hall–Kier alpha value is -2.61. The van der Waals surface area contributed by atoms with E-state index in [0.717, 1.165) is 36.8 Å². The fraction of sp³-hybridized carbons (Fsp3) is 0.654. The Balaban J connectivity index is 2.35. The SMILES string of the molecule is CCN(C(=O)C(CO)NC(=O)OC(C)(C)C)C(C(=O)NC1CCCCC1)c1cc(C)cc(C)c1. The van der Waals surface area contributed by atoms with Crippen molar-refractivity contribution in [2.75, 3.05) is 13.2 Å². The number of amides is 3. The lowest BCUT2D eigenvalue weighted by Gasteiger charge is -2.35. The third-order valence-corrected chi connectivity index (χ3v) is 5.87. The van der Waals surface area contributed by atoms with E-state index in [0.29, 0.717) is 5.56 Å². The topological polar surface area (TPSA) is 108 Å². The number of aliphatic hydroxyl groups excluding tert-OH is 1. The number of benzene rings is 1. The molecule has 8 nitrogen and oxygen atoms in total. The van der Waals surface area contributed by atoms with Gasteiger partial charge in [-0.15, -0.1) is 0 Å². The first-order chi connectivity index (χ1) is 15.9. The van der Waals surface area contributed by atoms with Gasteiger partial charge in [0.2, 0.25) is 11.8 Å². The van der Waals surface area contributed by atoms with Crippen molar-refractivity contribution in [1.82, 2.24) is 15.5 Å². The lowest BCUT2D eigenvalue weighted by molar-refractivity contribution is -0.143. The van der Waals surface area contributed by atoms with Crippen molar-refractivity contribution in [3.63, 3.8) is 0 Å². The summed E-state index contributed by atoms with van der Waals surface area (Å²) in [6.07, 6.45) is 4.35. The molecular formula is C26H41N3O5. The van der Waals surface area contributed by atoms with Crippen molar-refractivity contribution in [2.24, 2.45) is 0 Å². The van der Waals surface area contributed by atoms with Crippen LogP contribution in [0.1, 0.15) is 82.5 Å². The zero-order valence-corrected chi connectivity index (χ0v) is 21.4. The summed E-state index contributed by atoms with van der Waals surface area (Å²) in [5.74, 6) is -0.792. The molecule has 1 aromatic carbocycles. The minimum atomic E-state index is -1.23. The molecule has 2 unspecified atom stereocenters. The van der Waals surface area contributed by atoms with Crippen molar-refractivity contribution < 1.29 is 24.2 Å². The molecule has 190 valence electrons. The maximum Gasteiger partial charge on any atom is 0.408 e. The van der Waals surface area contributed by atoms with Gasteiger partial charge in [0, 0.05) is 12.6 Å². The van der Waals surface area contributed by atoms with E-state index in [1.807, 2.05) is 32.0 Å². The molecule has 1 fully saturated rings. The maximum absolute atomic E-state index is 13.6. The third-order valence-electron chi connectivity index (χ3n) is 5.87. The van der Waals surface area contributed by atoms with Crippen molar-refractivity contribution in [1.29, 1.82) is 0 Å². The van der Waals surface area contributed by atoms with E-state index in [-0.39, 0.29) is 18.5 Å². The smallest absolute Gasteiger partial charge is 0.408 e. The molecule has 0 saturated heterocycles. The zero-order chi connectivity index (χ0) is 25.5.